The Hall–Kier alpha value is -2.11. The van der Waals surface area contributed by atoms with E-state index in [9.17, 15) is 24.0 Å². The highest BCUT2D eigenvalue weighted by molar-refractivity contribution is 6.03. The van der Waals surface area contributed by atoms with Crippen LogP contribution in [0, 0.1) is 5.92 Å². The number of hydrogen-bond donors (Lipinski definition) is 0. The lowest BCUT2D eigenvalue weighted by molar-refractivity contribution is -0.144. The molecule has 1 unspecified atom stereocenters. The highest BCUT2D eigenvalue weighted by Gasteiger charge is 2.25. The molecule has 1 atom stereocenters. The lowest BCUT2D eigenvalue weighted by Gasteiger charge is -2.14. The Morgan fingerprint density at radius 1 is 0.952 bits per heavy atom. The smallest absolute Gasteiger partial charge is 0.333 e. The topological polar surface area (TPSA) is 94.6 Å². The van der Waals surface area contributed by atoms with Crippen LogP contribution in [0.4, 0.5) is 0 Å². The Labute approximate surface area is 123 Å². The van der Waals surface area contributed by atoms with Crippen molar-refractivity contribution in [2.45, 2.75) is 40.0 Å². The van der Waals surface area contributed by atoms with Crippen LogP contribution >= 0.6 is 0 Å². The zero-order chi connectivity index (χ0) is 16.6. The summed E-state index contributed by atoms with van der Waals surface area (Å²) in [5.74, 6) is -3.13. The number of ketones is 4. The maximum absolute atomic E-state index is 11.9. The third-order valence-electron chi connectivity index (χ3n) is 2.56. The molecule has 0 N–H and O–H groups in total. The molecule has 0 bridgehead atoms. The van der Waals surface area contributed by atoms with E-state index in [1.54, 1.807) is 0 Å². The summed E-state index contributed by atoms with van der Waals surface area (Å²) in [5, 5.41) is 0. The van der Waals surface area contributed by atoms with E-state index in [4.69, 9.17) is 4.74 Å². The minimum atomic E-state index is -0.913. The number of esters is 1. The predicted octanol–water partition coefficient (Wildman–Crippen LogP) is 1.21. The van der Waals surface area contributed by atoms with Crippen molar-refractivity contribution in [1.82, 2.24) is 0 Å². The maximum Gasteiger partial charge on any atom is 0.333 e. The molecule has 0 spiro atoms. The molecule has 0 radical (unpaired) electrons. The van der Waals surface area contributed by atoms with Gasteiger partial charge in [-0.05, 0) is 20.8 Å². The van der Waals surface area contributed by atoms with Crippen molar-refractivity contribution in [2.75, 3.05) is 6.61 Å². The van der Waals surface area contributed by atoms with Gasteiger partial charge in [0, 0.05) is 12.0 Å². The van der Waals surface area contributed by atoms with Crippen molar-refractivity contribution in [2.24, 2.45) is 5.92 Å². The van der Waals surface area contributed by atoms with E-state index in [1.165, 1.54) is 20.8 Å². The molecule has 0 aliphatic rings. The van der Waals surface area contributed by atoms with Crippen molar-refractivity contribution in [1.29, 1.82) is 0 Å². The average Bonchev–Trinajstić information content (AvgIpc) is 2.31. The molecular weight excluding hydrogens is 276 g/mol. The van der Waals surface area contributed by atoms with E-state index in [1.807, 2.05) is 0 Å². The fourth-order valence-electron chi connectivity index (χ4n) is 1.58. The Balaban J connectivity index is 4.75. The maximum atomic E-state index is 11.9. The van der Waals surface area contributed by atoms with Crippen molar-refractivity contribution >= 4 is 29.1 Å². The van der Waals surface area contributed by atoms with Crippen LogP contribution in [-0.4, -0.2) is 35.7 Å². The normalized spacial score (nSPS) is 11.4. The van der Waals surface area contributed by atoms with Gasteiger partial charge in [-0.3, -0.25) is 19.2 Å². The molecule has 0 aromatic carbocycles. The Kier molecular flexibility index (Phi) is 8.04. The van der Waals surface area contributed by atoms with Crippen molar-refractivity contribution in [3.05, 3.63) is 12.2 Å². The molecule has 21 heavy (non-hydrogen) atoms. The largest absolute Gasteiger partial charge is 0.462 e. The van der Waals surface area contributed by atoms with Gasteiger partial charge in [-0.2, -0.15) is 0 Å². The van der Waals surface area contributed by atoms with E-state index < -0.39 is 23.5 Å². The fourth-order valence-corrected chi connectivity index (χ4v) is 1.58. The van der Waals surface area contributed by atoms with Crippen LogP contribution in [0.5, 0.6) is 0 Å². The molecule has 0 rings (SSSR count). The molecule has 0 fully saturated rings. The summed E-state index contributed by atoms with van der Waals surface area (Å²) in [4.78, 5) is 56.7. The summed E-state index contributed by atoms with van der Waals surface area (Å²) in [6, 6.07) is 0. The molecule has 0 amide bonds. The van der Waals surface area contributed by atoms with Gasteiger partial charge in [-0.15, -0.1) is 0 Å². The van der Waals surface area contributed by atoms with Gasteiger partial charge in [0.15, 0.2) is 0 Å². The number of carbonyl (C=O) groups is 5. The molecule has 0 aromatic rings. The minimum Gasteiger partial charge on any atom is -0.462 e. The Bertz CT molecular complexity index is 475. The molecule has 6 nitrogen and oxygen atoms in total. The van der Waals surface area contributed by atoms with Gasteiger partial charge < -0.3 is 4.74 Å². The van der Waals surface area contributed by atoms with Gasteiger partial charge in [-0.1, -0.05) is 6.58 Å². The summed E-state index contributed by atoms with van der Waals surface area (Å²) in [6.45, 7) is 7.08. The highest BCUT2D eigenvalue weighted by atomic mass is 16.5. The standard InChI is InChI=1S/C15H20O6/c1-9(2)15(20)21-8-12(14(19)6-11(4)17)7-13(18)5-10(3)16/h12H,1,5-8H2,2-4H3. The summed E-state index contributed by atoms with van der Waals surface area (Å²) < 4.78 is 4.87. The second-order valence-corrected chi connectivity index (χ2v) is 5.04. The average molecular weight is 296 g/mol. The van der Waals surface area contributed by atoms with Crippen LogP contribution in [-0.2, 0) is 28.7 Å². The fraction of sp³-hybridized carbons (Fsp3) is 0.533. The van der Waals surface area contributed by atoms with Crippen LogP contribution in [0.1, 0.15) is 40.0 Å². The van der Waals surface area contributed by atoms with Crippen LogP contribution in [0.2, 0.25) is 0 Å². The van der Waals surface area contributed by atoms with E-state index in [0.717, 1.165) is 0 Å². The van der Waals surface area contributed by atoms with E-state index >= 15 is 0 Å². The number of rotatable bonds is 10. The van der Waals surface area contributed by atoms with Crippen LogP contribution in [0.3, 0.4) is 0 Å². The first-order valence-electron chi connectivity index (χ1n) is 6.49. The van der Waals surface area contributed by atoms with Crippen molar-refractivity contribution < 1.29 is 28.7 Å². The number of carbonyl (C=O) groups excluding carboxylic acids is 5. The van der Waals surface area contributed by atoms with Crippen LogP contribution < -0.4 is 0 Å². The van der Waals surface area contributed by atoms with Gasteiger partial charge in [0.1, 0.15) is 29.7 Å². The number of Topliss-reactive ketones (excluding diaryl/α,β-unsaturated/α-hetero) is 4. The third-order valence-corrected chi connectivity index (χ3v) is 2.56. The summed E-state index contributed by atoms with van der Waals surface area (Å²) in [5.41, 5.74) is 0.169. The highest BCUT2D eigenvalue weighted by Crippen LogP contribution is 2.12. The first-order valence-corrected chi connectivity index (χ1v) is 6.49. The van der Waals surface area contributed by atoms with Crippen molar-refractivity contribution in [3.63, 3.8) is 0 Å². The van der Waals surface area contributed by atoms with Gasteiger partial charge in [0.25, 0.3) is 0 Å². The van der Waals surface area contributed by atoms with Crippen molar-refractivity contribution in [3.8, 4) is 0 Å². The van der Waals surface area contributed by atoms with Gasteiger partial charge >= 0.3 is 5.97 Å². The molecule has 0 saturated heterocycles. The second-order valence-electron chi connectivity index (χ2n) is 5.04. The molecule has 0 saturated carbocycles. The SMILES string of the molecule is C=C(C)C(=O)OCC(CC(=O)CC(C)=O)C(=O)CC(C)=O. The summed E-state index contributed by atoms with van der Waals surface area (Å²) >= 11 is 0. The van der Waals surface area contributed by atoms with Gasteiger partial charge in [-0.25, -0.2) is 4.79 Å². The zero-order valence-corrected chi connectivity index (χ0v) is 12.6. The van der Waals surface area contributed by atoms with E-state index in [2.05, 4.69) is 6.58 Å². The summed E-state index contributed by atoms with van der Waals surface area (Å²) in [6.07, 6.45) is -0.837. The molecular formula is C15H20O6. The molecule has 0 aromatic heterocycles. The second kappa shape index (κ2) is 8.94. The molecule has 6 heteroatoms. The lowest BCUT2D eigenvalue weighted by atomic mass is 9.94. The quantitative estimate of drug-likeness (QED) is 0.341. The number of ether oxygens (including phenoxy) is 1. The first-order chi connectivity index (χ1) is 9.63. The van der Waals surface area contributed by atoms with Gasteiger partial charge in [0.2, 0.25) is 0 Å². The molecule has 0 aliphatic carbocycles. The van der Waals surface area contributed by atoms with Crippen LogP contribution in [0.15, 0.2) is 12.2 Å². The third kappa shape index (κ3) is 8.62. The zero-order valence-electron chi connectivity index (χ0n) is 12.6. The predicted molar refractivity (Wildman–Crippen MR) is 74.5 cm³/mol. The Morgan fingerprint density at radius 3 is 1.90 bits per heavy atom. The monoisotopic (exact) mass is 296 g/mol. The molecule has 0 aliphatic heterocycles. The summed E-state index contributed by atoms with van der Waals surface area (Å²) in [7, 11) is 0. The first kappa shape index (κ1) is 18.9. The molecule has 0 heterocycles. The van der Waals surface area contributed by atoms with E-state index in [-0.39, 0.29) is 43.0 Å². The minimum absolute atomic E-state index is 0.169. The lowest BCUT2D eigenvalue weighted by Crippen LogP contribution is -2.27. The molecule has 116 valence electrons. The van der Waals surface area contributed by atoms with Gasteiger partial charge in [0.05, 0.1) is 18.8 Å². The number of hydrogen-bond acceptors (Lipinski definition) is 6. The van der Waals surface area contributed by atoms with E-state index in [0.29, 0.717) is 0 Å². The van der Waals surface area contributed by atoms with Crippen LogP contribution in [0.25, 0.3) is 0 Å². The Morgan fingerprint density at radius 2 is 1.48 bits per heavy atom.